The summed E-state index contributed by atoms with van der Waals surface area (Å²) in [6.45, 7) is 0.678. The molecule has 194 valence electrons. The molecule has 2 aromatic heterocycles. The molecule has 1 aromatic carbocycles. The lowest BCUT2D eigenvalue weighted by atomic mass is 10.0. The average Bonchev–Trinajstić information content (AvgIpc) is 3.54. The fourth-order valence-corrected chi connectivity index (χ4v) is 4.16. The van der Waals surface area contributed by atoms with E-state index in [1.54, 1.807) is 4.90 Å². The second-order valence-corrected chi connectivity index (χ2v) is 8.25. The van der Waals surface area contributed by atoms with Crippen LogP contribution in [0, 0.1) is 17.5 Å². The maximum atomic E-state index is 14.3. The number of hydrogen-bond acceptors (Lipinski definition) is 7. The van der Waals surface area contributed by atoms with Crippen molar-refractivity contribution in [3.05, 3.63) is 53.1 Å². The van der Waals surface area contributed by atoms with E-state index in [4.69, 9.17) is 0 Å². The van der Waals surface area contributed by atoms with E-state index in [0.717, 1.165) is 29.4 Å². The van der Waals surface area contributed by atoms with Crippen molar-refractivity contribution in [2.45, 2.75) is 18.6 Å². The van der Waals surface area contributed by atoms with E-state index < -0.39 is 52.8 Å². The fourth-order valence-electron chi connectivity index (χ4n) is 4.16. The Hall–Kier alpha value is -4.24. The summed E-state index contributed by atoms with van der Waals surface area (Å²) in [5.41, 5.74) is -2.52. The van der Waals surface area contributed by atoms with Gasteiger partial charge in [0.05, 0.1) is 12.2 Å². The summed E-state index contributed by atoms with van der Waals surface area (Å²) >= 11 is 0. The lowest BCUT2D eigenvalue weighted by Crippen LogP contribution is -2.52. The predicted octanol–water partition coefficient (Wildman–Crippen LogP) is 3.37. The van der Waals surface area contributed by atoms with Gasteiger partial charge in [0.1, 0.15) is 23.0 Å². The second kappa shape index (κ2) is 9.33. The Labute approximate surface area is 204 Å². The van der Waals surface area contributed by atoms with Gasteiger partial charge in [-0.15, -0.1) is 5.10 Å². The molecule has 0 spiro atoms. The van der Waals surface area contributed by atoms with E-state index in [2.05, 4.69) is 25.4 Å². The van der Waals surface area contributed by atoms with Gasteiger partial charge in [-0.1, -0.05) is 5.21 Å². The van der Waals surface area contributed by atoms with Crippen molar-refractivity contribution >= 4 is 18.2 Å². The molecule has 5 rings (SSSR count). The first-order chi connectivity index (χ1) is 17.6. The van der Waals surface area contributed by atoms with Crippen LogP contribution in [-0.2, 0) is 6.18 Å². The number of alkyl halides is 3. The standard InChI is InChI=1S/C21H17F6N9O/c22-12-7-11(8-13(23)9-12)15-1-2-29-36(15)20(37)35-5-3-34(4-6-35)19-28-10-14(24)16(30-19)17-18(21(25,26)27)32-33-31-17/h2,7-10,15H,1,3-6H2,(H,31,32,33)/t15-/m0/s1. The van der Waals surface area contributed by atoms with Crippen molar-refractivity contribution < 1.29 is 31.1 Å². The minimum atomic E-state index is -4.88. The molecule has 0 saturated carbocycles. The Morgan fingerprint density at radius 3 is 2.41 bits per heavy atom. The smallest absolute Gasteiger partial charge is 0.337 e. The highest BCUT2D eigenvalue weighted by Crippen LogP contribution is 2.35. The molecule has 4 heterocycles. The molecule has 1 N–H and O–H groups in total. The second-order valence-electron chi connectivity index (χ2n) is 8.25. The molecule has 1 fully saturated rings. The lowest BCUT2D eigenvalue weighted by Gasteiger charge is -2.37. The molecule has 0 aliphatic carbocycles. The Morgan fingerprint density at radius 1 is 1.03 bits per heavy atom. The van der Waals surface area contributed by atoms with Crippen LogP contribution in [0.1, 0.15) is 23.7 Å². The van der Waals surface area contributed by atoms with E-state index in [0.29, 0.717) is 0 Å². The highest BCUT2D eigenvalue weighted by Gasteiger charge is 2.39. The minimum Gasteiger partial charge on any atom is -0.337 e. The van der Waals surface area contributed by atoms with Gasteiger partial charge in [0.2, 0.25) is 5.95 Å². The van der Waals surface area contributed by atoms with Crippen molar-refractivity contribution in [1.82, 2.24) is 35.3 Å². The van der Waals surface area contributed by atoms with Gasteiger partial charge < -0.3 is 9.80 Å². The van der Waals surface area contributed by atoms with E-state index >= 15 is 0 Å². The minimum absolute atomic E-state index is 0.0430. The van der Waals surface area contributed by atoms with E-state index in [1.807, 2.05) is 5.10 Å². The highest BCUT2D eigenvalue weighted by molar-refractivity contribution is 5.78. The Balaban J connectivity index is 1.29. The van der Waals surface area contributed by atoms with Crippen LogP contribution >= 0.6 is 0 Å². The molecular weight excluding hydrogens is 508 g/mol. The number of hydrogen-bond donors (Lipinski definition) is 1. The van der Waals surface area contributed by atoms with Gasteiger partial charge in [-0.2, -0.15) is 18.3 Å². The van der Waals surface area contributed by atoms with Crippen LogP contribution in [0.25, 0.3) is 11.4 Å². The van der Waals surface area contributed by atoms with Gasteiger partial charge >= 0.3 is 12.2 Å². The largest absolute Gasteiger partial charge is 0.437 e. The molecule has 2 aliphatic rings. The van der Waals surface area contributed by atoms with Crippen LogP contribution in [-0.4, -0.2) is 73.7 Å². The monoisotopic (exact) mass is 525 g/mol. The molecule has 0 unspecified atom stereocenters. The van der Waals surface area contributed by atoms with Crippen LogP contribution < -0.4 is 4.90 Å². The van der Waals surface area contributed by atoms with Crippen molar-refractivity contribution in [3.8, 4) is 11.4 Å². The number of carbonyl (C=O) groups excluding carboxylic acids is 1. The van der Waals surface area contributed by atoms with Crippen LogP contribution in [0.5, 0.6) is 0 Å². The molecule has 0 bridgehead atoms. The van der Waals surface area contributed by atoms with Gasteiger partial charge in [0.25, 0.3) is 0 Å². The molecule has 1 atom stereocenters. The number of nitrogens with one attached hydrogen (secondary N) is 1. The van der Waals surface area contributed by atoms with Crippen molar-refractivity contribution in [2.75, 3.05) is 31.1 Å². The number of benzene rings is 1. The van der Waals surface area contributed by atoms with Crippen LogP contribution in [0.15, 0.2) is 29.5 Å². The number of nitrogens with zero attached hydrogens (tertiary/aromatic N) is 8. The van der Waals surface area contributed by atoms with E-state index in [-0.39, 0.29) is 44.1 Å². The SMILES string of the molecule is O=C(N1CCN(c2ncc(F)c(-c3[nH]nnc3C(F)(F)F)n2)CC1)N1N=CC[C@H]1c1cc(F)cc(F)c1. The summed E-state index contributed by atoms with van der Waals surface area (Å²) in [5.74, 6) is -2.68. The lowest BCUT2D eigenvalue weighted by molar-refractivity contribution is -0.140. The molecule has 2 amide bonds. The van der Waals surface area contributed by atoms with E-state index in [1.165, 1.54) is 11.1 Å². The van der Waals surface area contributed by atoms with Crippen molar-refractivity contribution in [2.24, 2.45) is 5.10 Å². The predicted molar refractivity (Wildman–Crippen MR) is 116 cm³/mol. The number of H-pyrrole nitrogens is 1. The van der Waals surface area contributed by atoms with Crippen molar-refractivity contribution in [1.29, 1.82) is 0 Å². The maximum Gasteiger partial charge on any atom is 0.437 e. The number of piperazine rings is 1. The number of anilines is 1. The summed E-state index contributed by atoms with van der Waals surface area (Å²) in [7, 11) is 0. The molecule has 2 aliphatic heterocycles. The third kappa shape index (κ3) is 4.77. The zero-order valence-corrected chi connectivity index (χ0v) is 18.8. The summed E-state index contributed by atoms with van der Waals surface area (Å²) in [6.07, 6.45) is -2.37. The average molecular weight is 525 g/mol. The number of rotatable bonds is 3. The first-order valence-corrected chi connectivity index (χ1v) is 10.9. The van der Waals surface area contributed by atoms with Gasteiger partial charge in [0.15, 0.2) is 11.5 Å². The van der Waals surface area contributed by atoms with E-state index in [9.17, 15) is 31.1 Å². The third-order valence-electron chi connectivity index (χ3n) is 5.91. The number of urea groups is 1. The van der Waals surface area contributed by atoms with Gasteiger partial charge in [-0.05, 0) is 17.7 Å². The number of aromatic amines is 1. The number of halogens is 6. The topological polar surface area (TPSA) is 106 Å². The van der Waals surface area contributed by atoms with Gasteiger partial charge in [-0.3, -0.25) is 5.10 Å². The number of aromatic nitrogens is 5. The summed E-state index contributed by atoms with van der Waals surface area (Å²) in [4.78, 5) is 24.0. The molecule has 37 heavy (non-hydrogen) atoms. The molecule has 16 heteroatoms. The quantitative estimate of drug-likeness (QED) is 0.526. The molecule has 0 radical (unpaired) electrons. The van der Waals surface area contributed by atoms with Crippen molar-refractivity contribution in [3.63, 3.8) is 0 Å². The fraction of sp³-hybridized carbons (Fsp3) is 0.333. The number of amides is 2. The first kappa shape index (κ1) is 24.5. The van der Waals surface area contributed by atoms with Gasteiger partial charge in [-0.25, -0.2) is 32.9 Å². The Morgan fingerprint density at radius 2 is 1.73 bits per heavy atom. The number of hydrazone groups is 1. The number of carbonyl (C=O) groups is 1. The normalized spacial score (nSPS) is 18.1. The maximum absolute atomic E-state index is 14.3. The van der Waals surface area contributed by atoms with Crippen LogP contribution in [0.3, 0.4) is 0 Å². The molecular formula is C21H17F6N9O. The van der Waals surface area contributed by atoms with Crippen LogP contribution in [0.4, 0.5) is 37.1 Å². The first-order valence-electron chi connectivity index (χ1n) is 10.9. The molecule has 10 nitrogen and oxygen atoms in total. The van der Waals surface area contributed by atoms with Gasteiger partial charge in [0, 0.05) is 44.9 Å². The summed E-state index contributed by atoms with van der Waals surface area (Å²) < 4.78 is 81.3. The highest BCUT2D eigenvalue weighted by atomic mass is 19.4. The summed E-state index contributed by atoms with van der Waals surface area (Å²) in [5, 5.41) is 13.3. The molecule has 3 aromatic rings. The zero-order valence-electron chi connectivity index (χ0n) is 18.8. The Kier molecular flexibility index (Phi) is 6.16. The molecule has 1 saturated heterocycles. The third-order valence-corrected chi connectivity index (χ3v) is 5.91. The summed E-state index contributed by atoms with van der Waals surface area (Å²) in [6, 6.07) is 1.86. The Bertz CT molecular complexity index is 1330. The zero-order chi connectivity index (χ0) is 26.3. The van der Waals surface area contributed by atoms with Crippen LogP contribution in [0.2, 0.25) is 0 Å².